The third-order valence-corrected chi connectivity index (χ3v) is 6.13. The van der Waals surface area contributed by atoms with Crippen molar-refractivity contribution in [2.24, 2.45) is 0 Å². The van der Waals surface area contributed by atoms with E-state index >= 15 is 0 Å². The van der Waals surface area contributed by atoms with E-state index in [1.165, 1.54) is 18.9 Å². The van der Waals surface area contributed by atoms with Gasteiger partial charge in [0, 0.05) is 22.8 Å². The number of benzene rings is 2. The van der Waals surface area contributed by atoms with Crippen molar-refractivity contribution >= 4 is 38.8 Å². The van der Waals surface area contributed by atoms with Gasteiger partial charge in [0.1, 0.15) is 0 Å². The topological polar surface area (TPSA) is 99.2 Å². The average molecular weight is 523 g/mol. The zero-order valence-electron chi connectivity index (χ0n) is 18.7. The van der Waals surface area contributed by atoms with Gasteiger partial charge in [-0.2, -0.15) is 5.10 Å². The zero-order valence-corrected chi connectivity index (χ0v) is 20.3. The van der Waals surface area contributed by atoms with Crippen LogP contribution in [0, 0.1) is 5.41 Å². The van der Waals surface area contributed by atoms with Crippen LogP contribution in [0.5, 0.6) is 0 Å². The molecule has 2 aromatic carbocycles. The Kier molecular flexibility index (Phi) is 6.93. The number of rotatable bonds is 7. The fraction of sp³-hybridized carbons (Fsp3) is 0.200. The van der Waals surface area contributed by atoms with E-state index in [2.05, 4.69) is 21.0 Å². The number of nitrogens with zero attached hydrogens (tertiary/aromatic N) is 3. The molecule has 0 aliphatic heterocycles. The van der Waals surface area contributed by atoms with Gasteiger partial charge in [-0.1, -0.05) is 58.4 Å². The molecule has 34 heavy (non-hydrogen) atoms. The van der Waals surface area contributed by atoms with E-state index in [-0.39, 0.29) is 11.9 Å². The zero-order chi connectivity index (χ0) is 24.2. The van der Waals surface area contributed by atoms with Gasteiger partial charge in [0.15, 0.2) is 11.5 Å². The van der Waals surface area contributed by atoms with Gasteiger partial charge in [-0.3, -0.25) is 10.2 Å². The first kappa shape index (κ1) is 23.4. The number of methoxy groups -OCH3 is 2. The van der Waals surface area contributed by atoms with Crippen molar-refractivity contribution in [2.75, 3.05) is 14.2 Å². The molecule has 0 unspecified atom stereocenters. The van der Waals surface area contributed by atoms with Crippen molar-refractivity contribution in [1.82, 2.24) is 14.3 Å². The smallest absolute Gasteiger partial charge is 0.331 e. The minimum Gasteiger partial charge on any atom is -0.469 e. The van der Waals surface area contributed by atoms with E-state index in [4.69, 9.17) is 14.9 Å². The third kappa shape index (κ3) is 4.65. The monoisotopic (exact) mass is 522 g/mol. The van der Waals surface area contributed by atoms with Gasteiger partial charge in [-0.25, -0.2) is 9.48 Å². The highest BCUT2D eigenvalue weighted by molar-refractivity contribution is 9.10. The Bertz CT molecular complexity index is 1390. The molecule has 2 heterocycles. The molecule has 8 nitrogen and oxygen atoms in total. The van der Waals surface area contributed by atoms with Crippen LogP contribution < -0.4 is 5.49 Å². The number of hydrogen-bond donors (Lipinski definition) is 1. The van der Waals surface area contributed by atoms with Crippen molar-refractivity contribution in [3.63, 3.8) is 0 Å². The van der Waals surface area contributed by atoms with Crippen molar-refractivity contribution in [1.29, 1.82) is 5.41 Å². The van der Waals surface area contributed by atoms with Crippen molar-refractivity contribution < 1.29 is 19.1 Å². The molecule has 4 rings (SSSR count). The molecule has 0 aliphatic carbocycles. The van der Waals surface area contributed by atoms with Gasteiger partial charge >= 0.3 is 11.9 Å². The largest absolute Gasteiger partial charge is 0.469 e. The van der Waals surface area contributed by atoms with Gasteiger partial charge in [0.2, 0.25) is 0 Å². The van der Waals surface area contributed by atoms with Crippen LogP contribution in [0.4, 0.5) is 0 Å². The summed E-state index contributed by atoms with van der Waals surface area (Å²) in [5.74, 6) is -1.27. The minimum atomic E-state index is -1.12. The highest BCUT2D eigenvalue weighted by atomic mass is 79.9. The number of nitrogens with one attached hydrogen (secondary N) is 1. The summed E-state index contributed by atoms with van der Waals surface area (Å²) in [4.78, 5) is 24.5. The Balaban J connectivity index is 1.91. The molecule has 4 aromatic rings. The molecule has 0 saturated heterocycles. The summed E-state index contributed by atoms with van der Waals surface area (Å²) in [5.41, 5.74) is 3.59. The van der Waals surface area contributed by atoms with E-state index < -0.39 is 18.0 Å². The highest BCUT2D eigenvalue weighted by Gasteiger charge is 2.28. The second kappa shape index (κ2) is 10.0. The molecule has 0 aliphatic rings. The van der Waals surface area contributed by atoms with Gasteiger partial charge in [0.25, 0.3) is 0 Å². The molecule has 0 bridgehead atoms. The molecular weight excluding hydrogens is 500 g/mol. The lowest BCUT2D eigenvalue weighted by Crippen LogP contribution is -2.34. The molecule has 174 valence electrons. The molecule has 1 N–H and O–H groups in total. The quantitative estimate of drug-likeness (QED) is 0.369. The molecule has 0 radical (unpaired) electrons. The summed E-state index contributed by atoms with van der Waals surface area (Å²) in [6.07, 6.45) is 3.31. The molecule has 0 amide bonds. The number of carbonyl (C=O) groups is 2. The van der Waals surface area contributed by atoms with Crippen LogP contribution in [0.2, 0.25) is 0 Å². The number of hydrogen-bond acceptors (Lipinski definition) is 6. The Morgan fingerprint density at radius 3 is 2.41 bits per heavy atom. The summed E-state index contributed by atoms with van der Waals surface area (Å²) in [6.45, 7) is 0.574. The second-order valence-corrected chi connectivity index (χ2v) is 8.60. The van der Waals surface area contributed by atoms with Crippen LogP contribution in [-0.2, 0) is 25.6 Å². The maximum Gasteiger partial charge on any atom is 0.331 e. The van der Waals surface area contributed by atoms with E-state index in [1.807, 2.05) is 65.4 Å². The molecule has 1 atom stereocenters. The number of carbonyl (C=O) groups excluding carboxylic acids is 2. The first-order valence-electron chi connectivity index (χ1n) is 10.5. The molecule has 2 aromatic heterocycles. The molecule has 0 fully saturated rings. The van der Waals surface area contributed by atoms with Crippen LogP contribution in [0.1, 0.15) is 18.0 Å². The van der Waals surface area contributed by atoms with Gasteiger partial charge < -0.3 is 14.0 Å². The van der Waals surface area contributed by atoms with E-state index in [0.717, 1.165) is 26.7 Å². The minimum absolute atomic E-state index is 0.00483. The third-order valence-electron chi connectivity index (χ3n) is 5.60. The fourth-order valence-corrected chi connectivity index (χ4v) is 4.15. The summed E-state index contributed by atoms with van der Waals surface area (Å²) >= 11 is 3.46. The summed E-state index contributed by atoms with van der Waals surface area (Å²) in [6, 6.07) is 16.6. The number of esters is 2. The predicted octanol–water partition coefficient (Wildman–Crippen LogP) is 4.07. The van der Waals surface area contributed by atoms with Gasteiger partial charge in [-0.15, -0.1) is 0 Å². The Morgan fingerprint density at radius 1 is 1.06 bits per heavy atom. The maximum absolute atomic E-state index is 12.5. The van der Waals surface area contributed by atoms with Gasteiger partial charge in [0.05, 0.1) is 37.7 Å². The van der Waals surface area contributed by atoms with Crippen LogP contribution in [0.25, 0.3) is 22.0 Å². The molecule has 9 heteroatoms. The highest BCUT2D eigenvalue weighted by Crippen LogP contribution is 2.29. The van der Waals surface area contributed by atoms with E-state index in [9.17, 15) is 9.59 Å². The van der Waals surface area contributed by atoms with E-state index in [0.29, 0.717) is 11.9 Å². The van der Waals surface area contributed by atoms with Gasteiger partial charge in [-0.05, 0) is 23.3 Å². The van der Waals surface area contributed by atoms with Crippen LogP contribution >= 0.6 is 15.9 Å². The van der Waals surface area contributed by atoms with Crippen molar-refractivity contribution in [3.8, 4) is 11.1 Å². The summed E-state index contributed by atoms with van der Waals surface area (Å²) in [7, 11) is 2.48. The van der Waals surface area contributed by atoms with Crippen LogP contribution in [-0.4, -0.2) is 40.5 Å². The Morgan fingerprint density at radius 2 is 1.76 bits per heavy atom. The summed E-state index contributed by atoms with van der Waals surface area (Å²) < 4.78 is 13.9. The number of ether oxygens (including phenoxy) is 2. The first-order chi connectivity index (χ1) is 16.4. The SMILES string of the molecule is COC(=O)C[C@H](C(=O)OC)n1ncc2c(c(-c3ccccc3)cn2Cc2ccc(Br)cc2)c1=N. The standard InChI is InChI=1S/C25H23BrN4O4/c1-33-22(31)12-20(25(32)34-2)30-24(27)23-19(17-6-4-3-5-7-17)15-29(21(23)13-28-30)14-16-8-10-18(26)11-9-16/h3-11,13,15,20,27H,12,14H2,1-2H3/t20-/m1/s1. The lowest BCUT2D eigenvalue weighted by atomic mass is 10.1. The fourth-order valence-electron chi connectivity index (χ4n) is 3.89. The maximum atomic E-state index is 12.5. The normalized spacial score (nSPS) is 11.9. The lowest BCUT2D eigenvalue weighted by Gasteiger charge is -2.17. The molecule has 0 saturated carbocycles. The average Bonchev–Trinajstić information content (AvgIpc) is 3.23. The lowest BCUT2D eigenvalue weighted by molar-refractivity contribution is -0.151. The summed E-state index contributed by atoms with van der Waals surface area (Å²) in [5, 5.41) is 14.0. The first-order valence-corrected chi connectivity index (χ1v) is 11.3. The van der Waals surface area contributed by atoms with Crippen molar-refractivity contribution in [3.05, 3.63) is 82.5 Å². The second-order valence-electron chi connectivity index (χ2n) is 7.68. The number of halogens is 1. The molecule has 0 spiro atoms. The Hall–Kier alpha value is -3.72. The van der Waals surface area contributed by atoms with Crippen LogP contribution in [0.15, 0.2) is 71.5 Å². The number of fused-ring (bicyclic) bond motifs is 1. The molecular formula is C25H23BrN4O4. The predicted molar refractivity (Wildman–Crippen MR) is 130 cm³/mol. The number of aromatic nitrogens is 3. The van der Waals surface area contributed by atoms with E-state index in [1.54, 1.807) is 6.20 Å². The van der Waals surface area contributed by atoms with Crippen molar-refractivity contribution in [2.45, 2.75) is 19.0 Å². The Labute approximate surface area is 204 Å². The van der Waals surface area contributed by atoms with Crippen LogP contribution in [0.3, 0.4) is 0 Å².